The molecule has 2 heteroatoms. The van der Waals surface area contributed by atoms with Gasteiger partial charge in [0.25, 0.3) is 6.26 Å². The maximum Gasteiger partial charge on any atom is 0.292 e. The fraction of sp³-hybridized carbons (Fsp3) is 0.316. The molecule has 2 rings (SSSR count). The van der Waals surface area contributed by atoms with Crippen molar-refractivity contribution in [2.75, 3.05) is 0 Å². The van der Waals surface area contributed by atoms with Crippen molar-refractivity contribution in [3.63, 3.8) is 0 Å². The number of hydrogen-bond acceptors (Lipinski definition) is 2. The second-order valence-corrected chi connectivity index (χ2v) is 5.62. The van der Waals surface area contributed by atoms with Crippen LogP contribution < -0.4 is 4.74 Å². The highest BCUT2D eigenvalue weighted by atomic mass is 16.5. The molecule has 0 fully saturated rings. The average Bonchev–Trinajstić information content (AvgIpc) is 2.47. The van der Waals surface area contributed by atoms with E-state index in [4.69, 9.17) is 10.00 Å². The van der Waals surface area contributed by atoms with Crippen LogP contribution in [-0.2, 0) is 0 Å². The van der Waals surface area contributed by atoms with Crippen LogP contribution in [0.15, 0.2) is 18.2 Å². The molecule has 0 unspecified atom stereocenters. The van der Waals surface area contributed by atoms with Crippen LogP contribution in [0.1, 0.15) is 33.4 Å². The Morgan fingerprint density at radius 3 is 1.81 bits per heavy atom. The van der Waals surface area contributed by atoms with Gasteiger partial charge in [0.2, 0.25) is 0 Å². The van der Waals surface area contributed by atoms with Gasteiger partial charge in [0.15, 0.2) is 0 Å². The largest absolute Gasteiger partial charge is 0.388 e. The van der Waals surface area contributed by atoms with E-state index in [1.54, 1.807) is 6.26 Å². The summed E-state index contributed by atoms with van der Waals surface area (Å²) in [7, 11) is 0. The van der Waals surface area contributed by atoms with Gasteiger partial charge in [0.1, 0.15) is 5.75 Å². The minimum absolute atomic E-state index is 0.629. The fourth-order valence-electron chi connectivity index (χ4n) is 2.95. The number of ether oxygens (including phenoxy) is 1. The standard InChI is InChI=1S/C19H21NO/c1-11-12(2)14(4)19(15(5)13(11)3)17-8-7-9-18(16(17)6)21-10-20/h7-9H,1-6H3. The van der Waals surface area contributed by atoms with E-state index in [0.29, 0.717) is 5.75 Å². The molecule has 0 aromatic heterocycles. The summed E-state index contributed by atoms with van der Waals surface area (Å²) in [6.07, 6.45) is 1.76. The number of nitriles is 1. The van der Waals surface area contributed by atoms with Crippen LogP contribution >= 0.6 is 0 Å². The molecule has 0 saturated carbocycles. The molecule has 0 aliphatic heterocycles. The highest BCUT2D eigenvalue weighted by Gasteiger charge is 2.16. The van der Waals surface area contributed by atoms with E-state index in [0.717, 1.165) is 11.1 Å². The summed E-state index contributed by atoms with van der Waals surface area (Å²) in [5, 5.41) is 8.77. The zero-order chi connectivity index (χ0) is 15.7. The van der Waals surface area contributed by atoms with Crippen molar-refractivity contribution in [3.05, 3.63) is 51.6 Å². The van der Waals surface area contributed by atoms with Gasteiger partial charge in [-0.1, -0.05) is 12.1 Å². The van der Waals surface area contributed by atoms with Gasteiger partial charge in [-0.05, 0) is 86.6 Å². The van der Waals surface area contributed by atoms with Gasteiger partial charge in [-0.15, -0.1) is 5.26 Å². The first kappa shape index (κ1) is 15.1. The third-order valence-electron chi connectivity index (χ3n) is 4.71. The predicted octanol–water partition coefficient (Wildman–Crippen LogP) is 5.06. The van der Waals surface area contributed by atoms with E-state index in [-0.39, 0.29) is 0 Å². The average molecular weight is 279 g/mol. The quantitative estimate of drug-likeness (QED) is 0.719. The molecule has 2 nitrogen and oxygen atoms in total. The van der Waals surface area contributed by atoms with Crippen molar-refractivity contribution in [1.29, 1.82) is 5.26 Å². The van der Waals surface area contributed by atoms with Gasteiger partial charge in [-0.25, -0.2) is 0 Å². The Morgan fingerprint density at radius 2 is 1.29 bits per heavy atom. The van der Waals surface area contributed by atoms with Gasteiger partial charge < -0.3 is 4.74 Å². The van der Waals surface area contributed by atoms with Crippen molar-refractivity contribution in [1.82, 2.24) is 0 Å². The second kappa shape index (κ2) is 5.61. The van der Waals surface area contributed by atoms with Crippen LogP contribution in [0, 0.1) is 53.1 Å². The van der Waals surface area contributed by atoms with E-state index < -0.39 is 0 Å². The monoisotopic (exact) mass is 279 g/mol. The Hall–Kier alpha value is -2.27. The molecule has 108 valence electrons. The maximum absolute atomic E-state index is 8.77. The first-order valence-electron chi connectivity index (χ1n) is 7.13. The first-order chi connectivity index (χ1) is 9.90. The highest BCUT2D eigenvalue weighted by Crippen LogP contribution is 2.37. The molecule has 0 heterocycles. The molecule has 0 aliphatic carbocycles. The summed E-state index contributed by atoms with van der Waals surface area (Å²) < 4.78 is 5.07. The van der Waals surface area contributed by atoms with E-state index in [9.17, 15) is 0 Å². The summed E-state index contributed by atoms with van der Waals surface area (Å²) >= 11 is 0. The van der Waals surface area contributed by atoms with Crippen LogP contribution in [0.4, 0.5) is 0 Å². The van der Waals surface area contributed by atoms with Gasteiger partial charge in [-0.3, -0.25) is 0 Å². The Labute approximate surface area is 127 Å². The number of hydrogen-bond donors (Lipinski definition) is 0. The molecule has 21 heavy (non-hydrogen) atoms. The molecule has 2 aromatic carbocycles. The summed E-state index contributed by atoms with van der Waals surface area (Å²) in [4.78, 5) is 0. The molecule has 0 atom stereocenters. The Kier molecular flexibility index (Phi) is 4.04. The Balaban J connectivity index is 2.81. The fourth-order valence-corrected chi connectivity index (χ4v) is 2.95. The van der Waals surface area contributed by atoms with Crippen molar-refractivity contribution >= 4 is 0 Å². The lowest BCUT2D eigenvalue weighted by atomic mass is 9.85. The lowest BCUT2D eigenvalue weighted by molar-refractivity contribution is 0.503. The normalized spacial score (nSPS) is 10.3. The van der Waals surface area contributed by atoms with E-state index in [1.807, 2.05) is 19.1 Å². The van der Waals surface area contributed by atoms with Gasteiger partial charge >= 0.3 is 0 Å². The van der Waals surface area contributed by atoms with Crippen LogP contribution in [0.3, 0.4) is 0 Å². The van der Waals surface area contributed by atoms with E-state index in [1.165, 1.54) is 33.4 Å². The zero-order valence-electron chi connectivity index (χ0n) is 13.6. The summed E-state index contributed by atoms with van der Waals surface area (Å²) in [5.74, 6) is 0.629. The molecule has 0 spiro atoms. The van der Waals surface area contributed by atoms with Crippen LogP contribution in [-0.4, -0.2) is 0 Å². The smallest absolute Gasteiger partial charge is 0.292 e. The molecule has 0 aliphatic rings. The van der Waals surface area contributed by atoms with E-state index >= 15 is 0 Å². The van der Waals surface area contributed by atoms with Crippen molar-refractivity contribution < 1.29 is 4.74 Å². The molecule has 0 saturated heterocycles. The second-order valence-electron chi connectivity index (χ2n) is 5.62. The van der Waals surface area contributed by atoms with Crippen LogP contribution in [0.2, 0.25) is 0 Å². The topological polar surface area (TPSA) is 33.0 Å². The molecule has 0 N–H and O–H groups in total. The molecular weight excluding hydrogens is 258 g/mol. The van der Waals surface area contributed by atoms with Crippen LogP contribution in [0.25, 0.3) is 11.1 Å². The van der Waals surface area contributed by atoms with Crippen molar-refractivity contribution in [3.8, 4) is 23.1 Å². The number of rotatable bonds is 2. The molecular formula is C19H21NO. The van der Waals surface area contributed by atoms with Gasteiger partial charge in [0, 0.05) is 5.56 Å². The van der Waals surface area contributed by atoms with Crippen molar-refractivity contribution in [2.45, 2.75) is 41.5 Å². The zero-order valence-corrected chi connectivity index (χ0v) is 13.6. The molecule has 0 radical (unpaired) electrons. The number of benzene rings is 2. The van der Waals surface area contributed by atoms with Crippen molar-refractivity contribution in [2.24, 2.45) is 0 Å². The summed E-state index contributed by atoms with van der Waals surface area (Å²) in [5.41, 5.74) is 10.0. The highest BCUT2D eigenvalue weighted by molar-refractivity contribution is 5.78. The van der Waals surface area contributed by atoms with Gasteiger partial charge in [0.05, 0.1) is 0 Å². The number of nitrogens with zero attached hydrogens (tertiary/aromatic N) is 1. The third kappa shape index (κ3) is 2.40. The summed E-state index contributed by atoms with van der Waals surface area (Å²) in [6, 6.07) is 5.88. The minimum Gasteiger partial charge on any atom is -0.388 e. The van der Waals surface area contributed by atoms with Crippen LogP contribution in [0.5, 0.6) is 5.75 Å². The Morgan fingerprint density at radius 1 is 0.762 bits per heavy atom. The van der Waals surface area contributed by atoms with Gasteiger partial charge in [-0.2, -0.15) is 0 Å². The van der Waals surface area contributed by atoms with E-state index in [2.05, 4.69) is 40.7 Å². The predicted molar refractivity (Wildman–Crippen MR) is 86.5 cm³/mol. The molecule has 2 aromatic rings. The third-order valence-corrected chi connectivity index (χ3v) is 4.71. The summed E-state index contributed by atoms with van der Waals surface area (Å²) in [6.45, 7) is 12.9. The Bertz CT molecular complexity index is 722. The first-order valence-corrected chi connectivity index (χ1v) is 7.13. The molecule has 0 bridgehead atoms. The maximum atomic E-state index is 8.77. The minimum atomic E-state index is 0.629. The lowest BCUT2D eigenvalue weighted by Crippen LogP contribution is -2.01. The lowest BCUT2D eigenvalue weighted by Gasteiger charge is -2.20. The SMILES string of the molecule is Cc1c(OC#N)cccc1-c1c(C)c(C)c(C)c(C)c1C. The molecule has 0 amide bonds.